The van der Waals surface area contributed by atoms with Crippen molar-refractivity contribution in [2.75, 3.05) is 32.2 Å². The molecule has 0 radical (unpaired) electrons. The summed E-state index contributed by atoms with van der Waals surface area (Å²) in [5, 5.41) is 5.26. The summed E-state index contributed by atoms with van der Waals surface area (Å²) in [6.07, 6.45) is 3.00. The molecule has 5 rings (SSSR count). The summed E-state index contributed by atoms with van der Waals surface area (Å²) in [5.74, 6) is -0.0912. The number of halogens is 2. The largest absolute Gasteiger partial charge is 0.467 e. The van der Waals surface area contributed by atoms with Crippen molar-refractivity contribution < 1.29 is 18.3 Å². The van der Waals surface area contributed by atoms with Crippen LogP contribution in [0.2, 0.25) is 0 Å². The van der Waals surface area contributed by atoms with Gasteiger partial charge in [-0.3, -0.25) is 4.98 Å². The Kier molecular flexibility index (Phi) is 6.00. The lowest BCUT2D eigenvalue weighted by Gasteiger charge is -2.16. The van der Waals surface area contributed by atoms with Crippen molar-refractivity contribution in [3.63, 3.8) is 0 Å². The molecule has 1 aliphatic heterocycles. The second-order valence-corrected chi connectivity index (χ2v) is 8.64. The lowest BCUT2D eigenvalue weighted by Crippen LogP contribution is -2.15. The number of aromatic nitrogens is 3. The Hall–Kier alpha value is -3.39. The smallest absolute Gasteiger partial charge is 0.318 e. The summed E-state index contributed by atoms with van der Waals surface area (Å²) in [7, 11) is 1.44. The molecule has 6 nitrogen and oxygen atoms in total. The quantitative estimate of drug-likeness (QED) is 0.409. The zero-order valence-corrected chi connectivity index (χ0v) is 19.4. The van der Waals surface area contributed by atoms with Crippen molar-refractivity contribution in [2.45, 2.75) is 26.7 Å². The molecule has 1 fully saturated rings. The van der Waals surface area contributed by atoms with Crippen LogP contribution in [0.1, 0.15) is 24.5 Å². The van der Waals surface area contributed by atoms with Crippen molar-refractivity contribution in [1.29, 1.82) is 0 Å². The summed E-state index contributed by atoms with van der Waals surface area (Å²) in [6, 6.07) is 7.05. The molecule has 2 aromatic carbocycles. The number of aryl methyl sites for hydroxylation is 2. The van der Waals surface area contributed by atoms with Crippen LogP contribution in [-0.2, 0) is 11.2 Å². The van der Waals surface area contributed by atoms with Crippen molar-refractivity contribution in [3.05, 3.63) is 53.2 Å². The summed E-state index contributed by atoms with van der Waals surface area (Å²) < 4.78 is 41.4. The number of fused-ring (bicyclic) bond motifs is 2. The SMILES string of the molecule is CCc1c(F)ccc2cc(C)cc(-c3ncc4c(NC[C@H]5CCOC5)nc(OC)nc4c3F)c12. The molecule has 3 heterocycles. The standard InChI is InChI=1S/C26H26F2N4O2/c1-4-17-20(27)6-5-16-9-14(2)10-18(21(16)17)23-22(28)24-19(12-29-23)25(32-26(31-24)33-3)30-11-15-7-8-34-13-15/h5-6,9-10,12,15H,4,7-8,11,13H2,1-3H3,(H,30,31,32)/t15-/m1/s1. The molecule has 2 aromatic heterocycles. The second-order valence-electron chi connectivity index (χ2n) is 8.64. The molecule has 0 unspecified atom stereocenters. The van der Waals surface area contributed by atoms with Gasteiger partial charge in [0, 0.05) is 30.8 Å². The molecule has 1 aliphatic rings. The molecule has 4 aromatic rings. The van der Waals surface area contributed by atoms with E-state index in [1.165, 1.54) is 13.2 Å². The Morgan fingerprint density at radius 2 is 2.06 bits per heavy atom. The Labute approximate surface area is 196 Å². The maximum Gasteiger partial charge on any atom is 0.318 e. The van der Waals surface area contributed by atoms with Crippen LogP contribution in [0.5, 0.6) is 6.01 Å². The third kappa shape index (κ3) is 3.92. The van der Waals surface area contributed by atoms with Crippen LogP contribution in [0, 0.1) is 24.5 Å². The van der Waals surface area contributed by atoms with Crippen LogP contribution in [0.25, 0.3) is 32.9 Å². The first-order valence-electron chi connectivity index (χ1n) is 11.4. The number of hydrogen-bond donors (Lipinski definition) is 1. The molecule has 34 heavy (non-hydrogen) atoms. The molecule has 1 atom stereocenters. The van der Waals surface area contributed by atoms with Gasteiger partial charge in [-0.2, -0.15) is 9.97 Å². The molecular formula is C26H26F2N4O2. The Bertz CT molecular complexity index is 1390. The molecule has 0 aliphatic carbocycles. The van der Waals surface area contributed by atoms with E-state index in [4.69, 9.17) is 9.47 Å². The maximum absolute atomic E-state index is 16.0. The third-order valence-corrected chi connectivity index (χ3v) is 6.35. The predicted octanol–water partition coefficient (Wildman–Crippen LogP) is 5.45. The first kappa shape index (κ1) is 22.4. The predicted molar refractivity (Wildman–Crippen MR) is 128 cm³/mol. The van der Waals surface area contributed by atoms with Gasteiger partial charge in [-0.15, -0.1) is 0 Å². The number of methoxy groups -OCH3 is 1. The van der Waals surface area contributed by atoms with Gasteiger partial charge < -0.3 is 14.8 Å². The number of rotatable bonds is 6. The van der Waals surface area contributed by atoms with Crippen LogP contribution >= 0.6 is 0 Å². The number of anilines is 1. The first-order chi connectivity index (χ1) is 16.5. The van der Waals surface area contributed by atoms with Crippen molar-refractivity contribution in [3.8, 4) is 17.3 Å². The highest BCUT2D eigenvalue weighted by atomic mass is 19.1. The fraction of sp³-hybridized carbons (Fsp3) is 0.346. The number of nitrogens with one attached hydrogen (secondary N) is 1. The zero-order chi connectivity index (χ0) is 23.8. The van der Waals surface area contributed by atoms with Crippen LogP contribution in [0.15, 0.2) is 30.5 Å². The van der Waals surface area contributed by atoms with Gasteiger partial charge in [0.1, 0.15) is 22.8 Å². The van der Waals surface area contributed by atoms with Gasteiger partial charge >= 0.3 is 6.01 Å². The van der Waals surface area contributed by atoms with E-state index in [2.05, 4.69) is 20.3 Å². The van der Waals surface area contributed by atoms with E-state index >= 15 is 4.39 Å². The van der Waals surface area contributed by atoms with Crippen molar-refractivity contribution in [2.24, 2.45) is 5.92 Å². The Morgan fingerprint density at radius 3 is 2.79 bits per heavy atom. The number of nitrogens with zero attached hydrogens (tertiary/aromatic N) is 3. The van der Waals surface area contributed by atoms with E-state index in [0.717, 1.165) is 24.0 Å². The van der Waals surface area contributed by atoms with E-state index in [9.17, 15) is 4.39 Å². The van der Waals surface area contributed by atoms with Gasteiger partial charge in [0.15, 0.2) is 5.82 Å². The first-order valence-corrected chi connectivity index (χ1v) is 11.4. The molecular weight excluding hydrogens is 438 g/mol. The maximum atomic E-state index is 16.0. The third-order valence-electron chi connectivity index (χ3n) is 6.35. The molecule has 0 bridgehead atoms. The average Bonchev–Trinajstić information content (AvgIpc) is 3.36. The van der Waals surface area contributed by atoms with Gasteiger partial charge in [0.25, 0.3) is 0 Å². The Morgan fingerprint density at radius 1 is 1.21 bits per heavy atom. The van der Waals surface area contributed by atoms with Gasteiger partial charge in [0.2, 0.25) is 0 Å². The van der Waals surface area contributed by atoms with Gasteiger partial charge in [-0.25, -0.2) is 8.78 Å². The van der Waals surface area contributed by atoms with E-state index in [0.29, 0.717) is 53.2 Å². The van der Waals surface area contributed by atoms with Crippen LogP contribution < -0.4 is 10.1 Å². The van der Waals surface area contributed by atoms with Crippen molar-refractivity contribution >= 4 is 27.5 Å². The minimum atomic E-state index is -0.594. The van der Waals surface area contributed by atoms with E-state index in [-0.39, 0.29) is 23.0 Å². The summed E-state index contributed by atoms with van der Waals surface area (Å²) >= 11 is 0. The number of pyridine rings is 1. The summed E-state index contributed by atoms with van der Waals surface area (Å²) in [6.45, 7) is 5.87. The van der Waals surface area contributed by atoms with Crippen molar-refractivity contribution in [1.82, 2.24) is 15.0 Å². The van der Waals surface area contributed by atoms with Crippen LogP contribution in [0.3, 0.4) is 0 Å². The fourth-order valence-electron chi connectivity index (χ4n) is 4.63. The lowest BCUT2D eigenvalue weighted by molar-refractivity contribution is 0.187. The highest BCUT2D eigenvalue weighted by molar-refractivity contribution is 6.01. The van der Waals surface area contributed by atoms with Gasteiger partial charge in [-0.1, -0.05) is 19.1 Å². The molecule has 0 saturated carbocycles. The molecule has 8 heteroatoms. The highest BCUT2D eigenvalue weighted by Crippen LogP contribution is 2.37. The fourth-order valence-corrected chi connectivity index (χ4v) is 4.63. The number of benzene rings is 2. The lowest BCUT2D eigenvalue weighted by atomic mass is 9.93. The minimum Gasteiger partial charge on any atom is -0.467 e. The normalized spacial score (nSPS) is 15.9. The topological polar surface area (TPSA) is 69.2 Å². The Balaban J connectivity index is 1.69. The number of hydrogen-bond acceptors (Lipinski definition) is 6. The second kappa shape index (κ2) is 9.10. The van der Waals surface area contributed by atoms with E-state index < -0.39 is 5.82 Å². The molecule has 0 amide bonds. The molecule has 1 N–H and O–H groups in total. The van der Waals surface area contributed by atoms with Crippen LogP contribution in [0.4, 0.5) is 14.6 Å². The molecule has 0 spiro atoms. The van der Waals surface area contributed by atoms with Gasteiger partial charge in [0.05, 0.1) is 19.1 Å². The molecule has 1 saturated heterocycles. The van der Waals surface area contributed by atoms with Crippen LogP contribution in [-0.4, -0.2) is 41.8 Å². The number of ether oxygens (including phenoxy) is 2. The average molecular weight is 465 g/mol. The van der Waals surface area contributed by atoms with E-state index in [1.807, 2.05) is 26.0 Å². The van der Waals surface area contributed by atoms with E-state index in [1.54, 1.807) is 12.3 Å². The molecule has 176 valence electrons. The summed E-state index contributed by atoms with van der Waals surface area (Å²) in [4.78, 5) is 13.2. The summed E-state index contributed by atoms with van der Waals surface area (Å²) in [5.41, 5.74) is 2.23. The zero-order valence-electron chi connectivity index (χ0n) is 19.4. The van der Waals surface area contributed by atoms with Gasteiger partial charge in [-0.05, 0) is 53.8 Å². The monoisotopic (exact) mass is 464 g/mol. The minimum absolute atomic E-state index is 0.0584. The highest BCUT2D eigenvalue weighted by Gasteiger charge is 2.22.